The Morgan fingerprint density at radius 1 is 1.44 bits per heavy atom. The third-order valence-electron chi connectivity index (χ3n) is 2.35. The Kier molecular flexibility index (Phi) is 5.02. The molecule has 4 nitrogen and oxygen atoms in total. The van der Waals surface area contributed by atoms with E-state index in [1.165, 1.54) is 0 Å². The molecule has 0 radical (unpaired) electrons. The molecule has 0 aliphatic heterocycles. The van der Waals surface area contributed by atoms with Gasteiger partial charge in [-0.2, -0.15) is 0 Å². The molecule has 1 rings (SSSR count). The quantitative estimate of drug-likeness (QED) is 0.795. The van der Waals surface area contributed by atoms with Gasteiger partial charge in [-0.3, -0.25) is 0 Å². The second-order valence-corrected chi connectivity index (χ2v) is 6.15. The van der Waals surface area contributed by atoms with Gasteiger partial charge in [0, 0.05) is 12.3 Å². The Balaban J connectivity index is 2.31. The van der Waals surface area contributed by atoms with Gasteiger partial charge in [-0.25, -0.2) is 8.42 Å². The fourth-order valence-corrected chi connectivity index (χ4v) is 2.74. The van der Waals surface area contributed by atoms with E-state index in [9.17, 15) is 8.42 Å². The van der Waals surface area contributed by atoms with Crippen LogP contribution in [0.5, 0.6) is 0 Å². The Morgan fingerprint density at radius 2 is 2.19 bits per heavy atom. The molecule has 1 heterocycles. The largest absolute Gasteiger partial charge is 0.468 e. The minimum absolute atomic E-state index is 0.0480. The van der Waals surface area contributed by atoms with Crippen LogP contribution in [-0.2, 0) is 9.84 Å². The van der Waals surface area contributed by atoms with Crippen molar-refractivity contribution in [3.05, 3.63) is 24.2 Å². The molecular weight excluding hydrogens is 226 g/mol. The lowest BCUT2D eigenvalue weighted by Crippen LogP contribution is -2.26. The zero-order chi connectivity index (χ0) is 12.0. The fourth-order valence-electron chi connectivity index (χ4n) is 1.48. The van der Waals surface area contributed by atoms with Crippen molar-refractivity contribution in [1.29, 1.82) is 0 Å². The van der Waals surface area contributed by atoms with Crippen LogP contribution in [0.3, 0.4) is 0 Å². The maximum atomic E-state index is 11.4. The van der Waals surface area contributed by atoms with E-state index in [1.807, 2.05) is 26.0 Å². The standard InChI is InChI=1S/C11H19NO3S/c1-3-8-16(13,14)9-6-12-10(2)11-5-4-7-15-11/h4-5,7,10,12H,3,6,8-9H2,1-2H3/t10-/m1/s1. The number of hydrogen-bond acceptors (Lipinski definition) is 4. The first-order chi connectivity index (χ1) is 7.55. The van der Waals surface area contributed by atoms with Gasteiger partial charge >= 0.3 is 0 Å². The normalized spacial score (nSPS) is 13.9. The van der Waals surface area contributed by atoms with Gasteiger partial charge in [0.1, 0.15) is 5.76 Å². The summed E-state index contributed by atoms with van der Waals surface area (Å²) >= 11 is 0. The first-order valence-corrected chi connectivity index (χ1v) is 7.34. The molecule has 0 amide bonds. The van der Waals surface area contributed by atoms with Gasteiger partial charge in [0.15, 0.2) is 9.84 Å². The zero-order valence-electron chi connectivity index (χ0n) is 9.77. The van der Waals surface area contributed by atoms with E-state index in [1.54, 1.807) is 6.26 Å². The predicted octanol–water partition coefficient (Wildman–Crippen LogP) is 1.76. The lowest BCUT2D eigenvalue weighted by molar-refractivity contribution is 0.437. The Bertz CT molecular complexity index is 383. The van der Waals surface area contributed by atoms with Crippen molar-refractivity contribution in [1.82, 2.24) is 5.32 Å². The number of nitrogens with one attached hydrogen (secondary N) is 1. The van der Waals surface area contributed by atoms with Crippen molar-refractivity contribution in [3.8, 4) is 0 Å². The van der Waals surface area contributed by atoms with Gasteiger partial charge in [-0.05, 0) is 25.5 Å². The summed E-state index contributed by atoms with van der Waals surface area (Å²) in [5.74, 6) is 1.28. The fraction of sp³-hybridized carbons (Fsp3) is 0.636. The van der Waals surface area contributed by atoms with Gasteiger partial charge in [0.2, 0.25) is 0 Å². The van der Waals surface area contributed by atoms with E-state index in [-0.39, 0.29) is 17.5 Å². The van der Waals surface area contributed by atoms with Gasteiger partial charge in [0.05, 0.1) is 18.1 Å². The number of sulfone groups is 1. The van der Waals surface area contributed by atoms with Gasteiger partial charge < -0.3 is 9.73 Å². The maximum absolute atomic E-state index is 11.4. The molecule has 1 atom stereocenters. The zero-order valence-corrected chi connectivity index (χ0v) is 10.6. The third kappa shape index (κ3) is 4.37. The average Bonchev–Trinajstić information content (AvgIpc) is 2.69. The van der Waals surface area contributed by atoms with Crippen LogP contribution in [-0.4, -0.2) is 26.5 Å². The number of rotatable bonds is 7. The summed E-state index contributed by atoms with van der Waals surface area (Å²) in [5, 5.41) is 3.13. The lowest BCUT2D eigenvalue weighted by Gasteiger charge is -2.11. The molecule has 92 valence electrons. The topological polar surface area (TPSA) is 59.3 Å². The van der Waals surface area contributed by atoms with E-state index in [4.69, 9.17) is 4.42 Å². The number of furan rings is 1. The Hall–Kier alpha value is -0.810. The number of hydrogen-bond donors (Lipinski definition) is 1. The van der Waals surface area contributed by atoms with Crippen molar-refractivity contribution >= 4 is 9.84 Å². The molecular formula is C11H19NO3S. The van der Waals surface area contributed by atoms with Gasteiger partial charge in [0.25, 0.3) is 0 Å². The highest BCUT2D eigenvalue weighted by Crippen LogP contribution is 2.11. The molecule has 0 aromatic carbocycles. The smallest absolute Gasteiger partial charge is 0.151 e. The predicted molar refractivity (Wildman–Crippen MR) is 64.1 cm³/mol. The first-order valence-electron chi connectivity index (χ1n) is 5.52. The lowest BCUT2D eigenvalue weighted by atomic mass is 10.2. The average molecular weight is 245 g/mol. The second kappa shape index (κ2) is 6.06. The summed E-state index contributed by atoms with van der Waals surface area (Å²) in [6.07, 6.45) is 2.29. The molecule has 1 aromatic heterocycles. The molecule has 16 heavy (non-hydrogen) atoms. The molecule has 0 aliphatic rings. The van der Waals surface area contributed by atoms with E-state index < -0.39 is 9.84 Å². The van der Waals surface area contributed by atoms with E-state index in [0.29, 0.717) is 13.0 Å². The van der Waals surface area contributed by atoms with Crippen LogP contribution in [0.25, 0.3) is 0 Å². The minimum Gasteiger partial charge on any atom is -0.468 e. The van der Waals surface area contributed by atoms with Crippen LogP contribution in [0.1, 0.15) is 32.1 Å². The van der Waals surface area contributed by atoms with E-state index in [0.717, 1.165) is 5.76 Å². The van der Waals surface area contributed by atoms with Crippen molar-refractivity contribution in [2.75, 3.05) is 18.1 Å². The highest BCUT2D eigenvalue weighted by atomic mass is 32.2. The molecule has 0 saturated carbocycles. The minimum atomic E-state index is -2.89. The highest BCUT2D eigenvalue weighted by molar-refractivity contribution is 7.91. The van der Waals surface area contributed by atoms with Crippen LogP contribution < -0.4 is 5.32 Å². The third-order valence-corrected chi connectivity index (χ3v) is 4.21. The molecule has 1 aromatic rings. The monoisotopic (exact) mass is 245 g/mol. The molecule has 0 unspecified atom stereocenters. The summed E-state index contributed by atoms with van der Waals surface area (Å²) in [6, 6.07) is 3.74. The van der Waals surface area contributed by atoms with Crippen molar-refractivity contribution in [2.45, 2.75) is 26.3 Å². The van der Waals surface area contributed by atoms with Crippen molar-refractivity contribution in [2.24, 2.45) is 0 Å². The summed E-state index contributed by atoms with van der Waals surface area (Å²) in [6.45, 7) is 4.28. The Morgan fingerprint density at radius 3 is 2.75 bits per heavy atom. The van der Waals surface area contributed by atoms with Crippen LogP contribution in [0.2, 0.25) is 0 Å². The summed E-state index contributed by atoms with van der Waals surface area (Å²) in [4.78, 5) is 0. The van der Waals surface area contributed by atoms with Crippen LogP contribution >= 0.6 is 0 Å². The van der Waals surface area contributed by atoms with Crippen LogP contribution in [0, 0.1) is 0 Å². The summed E-state index contributed by atoms with van der Waals surface area (Å²) < 4.78 is 28.1. The SMILES string of the molecule is CCCS(=O)(=O)CCN[C@H](C)c1ccco1. The van der Waals surface area contributed by atoms with Crippen LogP contribution in [0.4, 0.5) is 0 Å². The summed E-state index contributed by atoms with van der Waals surface area (Å²) in [5.41, 5.74) is 0. The molecule has 0 bridgehead atoms. The van der Waals surface area contributed by atoms with Crippen molar-refractivity contribution < 1.29 is 12.8 Å². The van der Waals surface area contributed by atoms with Gasteiger partial charge in [-0.15, -0.1) is 0 Å². The van der Waals surface area contributed by atoms with Crippen molar-refractivity contribution in [3.63, 3.8) is 0 Å². The molecule has 0 saturated heterocycles. The maximum Gasteiger partial charge on any atom is 0.151 e. The second-order valence-electron chi connectivity index (χ2n) is 3.84. The molecule has 0 aliphatic carbocycles. The summed E-state index contributed by atoms with van der Waals surface area (Å²) in [7, 11) is -2.89. The van der Waals surface area contributed by atoms with E-state index >= 15 is 0 Å². The van der Waals surface area contributed by atoms with Gasteiger partial charge in [-0.1, -0.05) is 6.92 Å². The highest BCUT2D eigenvalue weighted by Gasteiger charge is 2.11. The van der Waals surface area contributed by atoms with Crippen LogP contribution in [0.15, 0.2) is 22.8 Å². The van der Waals surface area contributed by atoms with E-state index in [2.05, 4.69) is 5.32 Å². The molecule has 1 N–H and O–H groups in total. The molecule has 5 heteroatoms. The molecule has 0 spiro atoms. The molecule has 0 fully saturated rings. The Labute approximate surface area is 97.0 Å². The first kappa shape index (κ1) is 13.3.